The van der Waals surface area contributed by atoms with Crippen LogP contribution in [-0.2, 0) is 11.2 Å². The van der Waals surface area contributed by atoms with Crippen LogP contribution >= 0.6 is 11.3 Å². The Morgan fingerprint density at radius 3 is 2.92 bits per heavy atom. The SMILES string of the molecule is Cc1cc2[nH]ncc2cc1-c1ccc2cc(CC3CCOCC3)sc2n1. The maximum atomic E-state index is 5.48. The van der Waals surface area contributed by atoms with Crippen molar-refractivity contribution in [3.8, 4) is 11.3 Å². The molecule has 0 atom stereocenters. The summed E-state index contributed by atoms with van der Waals surface area (Å²) in [7, 11) is 0. The number of aromatic amines is 1. The summed E-state index contributed by atoms with van der Waals surface area (Å²) < 4.78 is 5.48. The number of nitrogens with one attached hydrogen (secondary N) is 1. The second-order valence-electron chi connectivity index (χ2n) is 7.19. The molecule has 1 aromatic carbocycles. The van der Waals surface area contributed by atoms with Crippen LogP contribution in [0.25, 0.3) is 32.4 Å². The van der Waals surface area contributed by atoms with Gasteiger partial charge in [-0.05, 0) is 68.0 Å². The van der Waals surface area contributed by atoms with E-state index < -0.39 is 0 Å². The Kier molecular flexibility index (Phi) is 3.98. The lowest BCUT2D eigenvalue weighted by atomic mass is 9.96. The number of hydrogen-bond donors (Lipinski definition) is 1. The Morgan fingerprint density at radius 1 is 1.15 bits per heavy atom. The van der Waals surface area contributed by atoms with E-state index in [9.17, 15) is 0 Å². The van der Waals surface area contributed by atoms with Gasteiger partial charge in [0.05, 0.1) is 17.4 Å². The maximum Gasteiger partial charge on any atom is 0.124 e. The lowest BCUT2D eigenvalue weighted by molar-refractivity contribution is 0.0667. The molecule has 3 aromatic heterocycles. The summed E-state index contributed by atoms with van der Waals surface area (Å²) >= 11 is 1.84. The van der Waals surface area contributed by atoms with Crippen LogP contribution in [0.5, 0.6) is 0 Å². The Labute approximate surface area is 156 Å². The fourth-order valence-corrected chi connectivity index (χ4v) is 4.97. The molecule has 0 unspecified atom stereocenters. The third-order valence-corrected chi connectivity index (χ3v) is 6.39. The normalized spacial score (nSPS) is 15.9. The topological polar surface area (TPSA) is 50.8 Å². The standard InChI is InChI=1S/C21H21N3OS/c1-13-8-20-16(12-22-24-20)11-18(13)19-3-2-15-10-17(26-21(15)23-19)9-14-4-6-25-7-5-14/h2-3,8,10-12,14H,4-7,9H2,1H3,(H,22,24). The van der Waals surface area contributed by atoms with Crippen molar-refractivity contribution in [1.82, 2.24) is 15.2 Å². The van der Waals surface area contributed by atoms with Crippen molar-refractivity contribution in [1.29, 1.82) is 0 Å². The molecule has 1 aliphatic rings. The number of nitrogens with zero attached hydrogens (tertiary/aromatic N) is 2. The van der Waals surface area contributed by atoms with Gasteiger partial charge in [-0.2, -0.15) is 5.10 Å². The summed E-state index contributed by atoms with van der Waals surface area (Å²) in [6.45, 7) is 3.95. The molecule has 1 saturated heterocycles. The molecule has 0 amide bonds. The number of benzene rings is 1. The molecular weight excluding hydrogens is 342 g/mol. The maximum absolute atomic E-state index is 5.48. The highest BCUT2D eigenvalue weighted by molar-refractivity contribution is 7.18. The van der Waals surface area contributed by atoms with Crippen molar-refractivity contribution in [2.24, 2.45) is 5.92 Å². The molecule has 0 spiro atoms. The quantitative estimate of drug-likeness (QED) is 0.550. The molecule has 0 aliphatic carbocycles. The van der Waals surface area contributed by atoms with Gasteiger partial charge in [-0.1, -0.05) is 0 Å². The van der Waals surface area contributed by atoms with Crippen molar-refractivity contribution >= 4 is 32.5 Å². The smallest absolute Gasteiger partial charge is 0.124 e. The average molecular weight is 363 g/mol. The second kappa shape index (κ2) is 6.49. The summed E-state index contributed by atoms with van der Waals surface area (Å²) in [6, 6.07) is 11.0. The van der Waals surface area contributed by atoms with E-state index in [0.717, 1.165) is 47.0 Å². The first-order valence-electron chi connectivity index (χ1n) is 9.17. The zero-order chi connectivity index (χ0) is 17.5. The summed E-state index contributed by atoms with van der Waals surface area (Å²) in [5.41, 5.74) is 4.51. The molecule has 1 aliphatic heterocycles. The molecular formula is C21H21N3OS. The number of fused-ring (bicyclic) bond motifs is 2. The Hall–Kier alpha value is -2.24. The highest BCUT2D eigenvalue weighted by Crippen LogP contribution is 2.32. The first kappa shape index (κ1) is 16.0. The van der Waals surface area contributed by atoms with E-state index >= 15 is 0 Å². The van der Waals surface area contributed by atoms with Crippen LogP contribution in [0, 0.1) is 12.8 Å². The van der Waals surface area contributed by atoms with Crippen LogP contribution in [0.1, 0.15) is 23.3 Å². The van der Waals surface area contributed by atoms with E-state index in [1.165, 1.54) is 34.2 Å². The second-order valence-corrected chi connectivity index (χ2v) is 8.30. The number of H-pyrrole nitrogens is 1. The minimum absolute atomic E-state index is 0.752. The van der Waals surface area contributed by atoms with Crippen LogP contribution in [0.4, 0.5) is 0 Å². The van der Waals surface area contributed by atoms with Crippen LogP contribution in [0.2, 0.25) is 0 Å². The molecule has 5 heteroatoms. The summed E-state index contributed by atoms with van der Waals surface area (Å²) in [6.07, 6.45) is 5.38. The van der Waals surface area contributed by atoms with Gasteiger partial charge in [0.15, 0.2) is 0 Å². The average Bonchev–Trinajstić information content (AvgIpc) is 3.26. The van der Waals surface area contributed by atoms with Gasteiger partial charge in [-0.3, -0.25) is 5.10 Å². The van der Waals surface area contributed by atoms with Gasteiger partial charge in [-0.15, -0.1) is 11.3 Å². The number of aromatic nitrogens is 3. The van der Waals surface area contributed by atoms with Gasteiger partial charge in [0, 0.05) is 34.4 Å². The predicted molar refractivity (Wildman–Crippen MR) is 107 cm³/mol. The molecule has 4 aromatic rings. The van der Waals surface area contributed by atoms with Crippen LogP contribution in [0.3, 0.4) is 0 Å². The number of aryl methyl sites for hydroxylation is 1. The van der Waals surface area contributed by atoms with Gasteiger partial charge < -0.3 is 4.74 Å². The van der Waals surface area contributed by atoms with E-state index in [4.69, 9.17) is 9.72 Å². The lowest BCUT2D eigenvalue weighted by Gasteiger charge is -2.21. The fourth-order valence-electron chi connectivity index (χ4n) is 3.83. The first-order valence-corrected chi connectivity index (χ1v) is 9.99. The minimum Gasteiger partial charge on any atom is -0.381 e. The predicted octanol–water partition coefficient (Wildman–Crippen LogP) is 5.12. The Balaban J connectivity index is 1.49. The van der Waals surface area contributed by atoms with Gasteiger partial charge in [0.25, 0.3) is 0 Å². The van der Waals surface area contributed by atoms with Crippen molar-refractivity contribution < 1.29 is 4.74 Å². The number of rotatable bonds is 3. The summed E-state index contributed by atoms with van der Waals surface area (Å²) in [4.78, 5) is 7.55. The van der Waals surface area contributed by atoms with Gasteiger partial charge >= 0.3 is 0 Å². The summed E-state index contributed by atoms with van der Waals surface area (Å²) in [5, 5.41) is 9.54. The van der Waals surface area contributed by atoms with Gasteiger partial charge in [0.1, 0.15) is 4.83 Å². The largest absolute Gasteiger partial charge is 0.381 e. The zero-order valence-corrected chi connectivity index (χ0v) is 15.6. The van der Waals surface area contributed by atoms with E-state index in [2.05, 4.69) is 47.5 Å². The van der Waals surface area contributed by atoms with Crippen LogP contribution in [0.15, 0.2) is 36.5 Å². The van der Waals surface area contributed by atoms with E-state index in [1.807, 2.05) is 17.5 Å². The Morgan fingerprint density at radius 2 is 2.04 bits per heavy atom. The highest BCUT2D eigenvalue weighted by atomic mass is 32.1. The first-order chi connectivity index (χ1) is 12.8. The molecule has 1 N–H and O–H groups in total. The number of pyridine rings is 1. The van der Waals surface area contributed by atoms with Crippen LogP contribution < -0.4 is 0 Å². The molecule has 0 saturated carbocycles. The molecule has 4 heterocycles. The number of thiophene rings is 1. The molecule has 4 nitrogen and oxygen atoms in total. The van der Waals surface area contributed by atoms with Gasteiger partial charge in [0.2, 0.25) is 0 Å². The molecule has 26 heavy (non-hydrogen) atoms. The van der Waals surface area contributed by atoms with Crippen molar-refractivity contribution in [3.63, 3.8) is 0 Å². The highest BCUT2D eigenvalue weighted by Gasteiger charge is 2.16. The van der Waals surface area contributed by atoms with Crippen LogP contribution in [-0.4, -0.2) is 28.4 Å². The molecule has 5 rings (SSSR count). The fraction of sp³-hybridized carbons (Fsp3) is 0.333. The summed E-state index contributed by atoms with van der Waals surface area (Å²) in [5.74, 6) is 0.752. The third kappa shape index (κ3) is 2.91. The monoisotopic (exact) mass is 363 g/mol. The molecule has 132 valence electrons. The lowest BCUT2D eigenvalue weighted by Crippen LogP contribution is -2.17. The van der Waals surface area contributed by atoms with Crippen molar-refractivity contribution in [2.75, 3.05) is 13.2 Å². The zero-order valence-electron chi connectivity index (χ0n) is 14.8. The molecule has 1 fully saturated rings. The Bertz CT molecular complexity index is 1080. The molecule has 0 radical (unpaired) electrons. The van der Waals surface area contributed by atoms with Crippen molar-refractivity contribution in [3.05, 3.63) is 47.0 Å². The van der Waals surface area contributed by atoms with Crippen molar-refractivity contribution in [2.45, 2.75) is 26.2 Å². The number of ether oxygens (including phenoxy) is 1. The van der Waals surface area contributed by atoms with E-state index in [0.29, 0.717) is 0 Å². The number of hydrogen-bond acceptors (Lipinski definition) is 4. The van der Waals surface area contributed by atoms with E-state index in [-0.39, 0.29) is 0 Å². The van der Waals surface area contributed by atoms with E-state index in [1.54, 1.807) is 0 Å². The van der Waals surface area contributed by atoms with Gasteiger partial charge in [-0.25, -0.2) is 4.98 Å². The molecule has 0 bridgehead atoms. The third-order valence-electron chi connectivity index (χ3n) is 5.33. The minimum atomic E-state index is 0.752.